The molecule has 0 bridgehead atoms. The summed E-state index contributed by atoms with van der Waals surface area (Å²) in [6, 6.07) is 0.861. The first-order chi connectivity index (χ1) is 15.0. The topological polar surface area (TPSA) is 122 Å². The third-order valence-corrected chi connectivity index (χ3v) is 8.48. The first-order valence-electron chi connectivity index (χ1n) is 10.1. The largest absolute Gasteiger partial charge is 0.377 e. The van der Waals surface area contributed by atoms with Crippen molar-refractivity contribution in [2.75, 3.05) is 18.6 Å². The number of hydrogen-bond donors (Lipinski definition) is 0. The van der Waals surface area contributed by atoms with Gasteiger partial charge in [0, 0.05) is 24.8 Å². The minimum Gasteiger partial charge on any atom is -0.377 e. The van der Waals surface area contributed by atoms with Crippen molar-refractivity contribution in [2.24, 2.45) is 0 Å². The maximum Gasteiger partial charge on any atom is 0.310 e. The minimum absolute atomic E-state index is 0.103. The molecule has 2 aromatic rings. The summed E-state index contributed by atoms with van der Waals surface area (Å²) in [5, 5.41) is 4.01. The van der Waals surface area contributed by atoms with E-state index in [1.807, 2.05) is 0 Å². The second-order valence-electron chi connectivity index (χ2n) is 7.46. The van der Waals surface area contributed by atoms with Crippen LogP contribution >= 0.6 is 0 Å². The molecule has 1 aromatic carbocycles. The number of nitrogens with zero attached hydrogens (tertiary/aromatic N) is 2. The molecule has 0 N–H and O–H groups in total. The predicted molar refractivity (Wildman–Crippen MR) is 114 cm³/mol. The molecular weight excluding hydrogens is 463 g/mol. The molecule has 32 heavy (non-hydrogen) atoms. The monoisotopic (exact) mass is 488 g/mol. The molecule has 0 radical (unpaired) electrons. The Balaban J connectivity index is 2.18. The van der Waals surface area contributed by atoms with E-state index < -0.39 is 42.6 Å². The van der Waals surface area contributed by atoms with Gasteiger partial charge in [0.2, 0.25) is 11.7 Å². The molecule has 1 aliphatic rings. The van der Waals surface area contributed by atoms with E-state index in [9.17, 15) is 21.6 Å². The Morgan fingerprint density at radius 3 is 2.59 bits per heavy atom. The molecular formula is C20H25FN2O7S2. The summed E-state index contributed by atoms with van der Waals surface area (Å²) in [7, 11) is -6.46. The molecule has 1 atom stereocenters. The van der Waals surface area contributed by atoms with Crippen LogP contribution in [0.1, 0.15) is 59.8 Å². The van der Waals surface area contributed by atoms with Crippen molar-refractivity contribution in [3.05, 3.63) is 40.3 Å². The lowest BCUT2D eigenvalue weighted by atomic mass is 9.92. The van der Waals surface area contributed by atoms with Crippen LogP contribution < -0.4 is 4.18 Å². The second kappa shape index (κ2) is 8.91. The van der Waals surface area contributed by atoms with Crippen molar-refractivity contribution >= 4 is 25.7 Å². The zero-order valence-electron chi connectivity index (χ0n) is 18.2. The van der Waals surface area contributed by atoms with E-state index in [0.717, 1.165) is 12.3 Å². The molecule has 12 heteroatoms. The number of sulfone groups is 1. The number of ketones is 1. The number of hydrogen-bond acceptors (Lipinski definition) is 8. The molecule has 1 unspecified atom stereocenters. The third kappa shape index (κ3) is 4.30. The van der Waals surface area contributed by atoms with Gasteiger partial charge in [-0.15, -0.1) is 0 Å². The van der Waals surface area contributed by atoms with E-state index >= 15 is 4.39 Å². The summed E-state index contributed by atoms with van der Waals surface area (Å²) in [4.78, 5) is 12.9. The Hall–Kier alpha value is -2.31. The number of carbonyl (C=O) groups is 1. The summed E-state index contributed by atoms with van der Waals surface area (Å²) in [5.74, 6) is -2.57. The van der Waals surface area contributed by atoms with Crippen LogP contribution in [0.4, 0.5) is 4.39 Å². The molecule has 176 valence electrons. The zero-order chi connectivity index (χ0) is 23.8. The maximum absolute atomic E-state index is 15.0. The lowest BCUT2D eigenvalue weighted by Gasteiger charge is -2.27. The van der Waals surface area contributed by atoms with Crippen molar-refractivity contribution in [2.45, 2.75) is 51.2 Å². The number of aryl methyl sites for hydroxylation is 1. The van der Waals surface area contributed by atoms with Crippen molar-refractivity contribution < 1.29 is 34.9 Å². The Bertz CT molecular complexity index is 1270. The van der Waals surface area contributed by atoms with Crippen LogP contribution in [0.25, 0.3) is 0 Å². The minimum atomic E-state index is -3.97. The lowest BCUT2D eigenvalue weighted by Crippen LogP contribution is -2.25. The Morgan fingerprint density at radius 2 is 2.00 bits per heavy atom. The van der Waals surface area contributed by atoms with E-state index in [1.165, 1.54) is 18.7 Å². The van der Waals surface area contributed by atoms with E-state index in [1.54, 1.807) is 13.8 Å². The molecule has 0 spiro atoms. The fraction of sp³-hybridized carbons (Fsp3) is 0.500. The van der Waals surface area contributed by atoms with Crippen LogP contribution in [-0.2, 0) is 31.2 Å². The Morgan fingerprint density at radius 1 is 1.31 bits per heavy atom. The van der Waals surface area contributed by atoms with Gasteiger partial charge in [0.05, 0.1) is 23.8 Å². The van der Waals surface area contributed by atoms with Crippen LogP contribution in [-0.4, -0.2) is 51.0 Å². The van der Waals surface area contributed by atoms with E-state index in [4.69, 9.17) is 8.92 Å². The highest BCUT2D eigenvalue weighted by atomic mass is 32.2. The Kier molecular flexibility index (Phi) is 6.78. The molecule has 0 fully saturated rings. The molecule has 9 nitrogen and oxygen atoms in total. The van der Waals surface area contributed by atoms with Gasteiger partial charge in [-0.25, -0.2) is 17.5 Å². The fourth-order valence-corrected chi connectivity index (χ4v) is 6.53. The van der Waals surface area contributed by atoms with Crippen LogP contribution in [0.2, 0.25) is 0 Å². The maximum atomic E-state index is 15.0. The van der Waals surface area contributed by atoms with E-state index in [0.29, 0.717) is 6.42 Å². The number of benzene rings is 1. The summed E-state index contributed by atoms with van der Waals surface area (Å²) < 4.78 is 76.2. The fourth-order valence-electron chi connectivity index (χ4n) is 3.83. The van der Waals surface area contributed by atoms with Crippen molar-refractivity contribution in [1.29, 1.82) is 0 Å². The van der Waals surface area contributed by atoms with Crippen molar-refractivity contribution in [3.8, 4) is 5.88 Å². The quantitative estimate of drug-likeness (QED) is 0.411. The second-order valence-corrected chi connectivity index (χ2v) is 11.2. The molecule has 0 saturated heterocycles. The summed E-state index contributed by atoms with van der Waals surface area (Å²) in [5.41, 5.74) is 0.0644. The van der Waals surface area contributed by atoms with Gasteiger partial charge in [-0.1, -0.05) is 6.92 Å². The molecule has 1 aromatic heterocycles. The van der Waals surface area contributed by atoms with Crippen LogP contribution in [0.5, 0.6) is 5.88 Å². The van der Waals surface area contributed by atoms with Gasteiger partial charge in [-0.2, -0.15) is 13.5 Å². The van der Waals surface area contributed by atoms with Gasteiger partial charge in [-0.3, -0.25) is 4.79 Å². The van der Waals surface area contributed by atoms with Crippen LogP contribution in [0, 0.1) is 12.7 Å². The van der Waals surface area contributed by atoms with Gasteiger partial charge in [0.15, 0.2) is 9.84 Å². The normalized spacial score (nSPS) is 17.7. The molecule has 2 heterocycles. The summed E-state index contributed by atoms with van der Waals surface area (Å²) >= 11 is 0. The third-order valence-electron chi connectivity index (χ3n) is 5.35. The summed E-state index contributed by atoms with van der Waals surface area (Å²) in [6.45, 7) is 5.10. The van der Waals surface area contributed by atoms with Gasteiger partial charge in [0.25, 0.3) is 0 Å². The van der Waals surface area contributed by atoms with E-state index in [2.05, 4.69) is 5.10 Å². The van der Waals surface area contributed by atoms with Gasteiger partial charge in [0.1, 0.15) is 16.3 Å². The average molecular weight is 489 g/mol. The number of aromatic nitrogens is 2. The number of fused-ring (bicyclic) bond motifs is 1. The smallest absolute Gasteiger partial charge is 0.310 e. The highest BCUT2D eigenvalue weighted by molar-refractivity contribution is 7.91. The standard InChI is InChI=1S/C20H25FN2O7S2/c1-5-8-32(27,28)30-20-14(11-22-23(20)6-2)18(24)13-10-15(21)19-17(12(13)3)16(29-4)7-9-31(19,25)26/h10-11,16H,5-9H2,1-4H3. The highest BCUT2D eigenvalue weighted by Crippen LogP contribution is 2.40. The lowest BCUT2D eigenvalue weighted by molar-refractivity contribution is 0.0944. The Labute approximate surface area is 186 Å². The zero-order valence-corrected chi connectivity index (χ0v) is 19.8. The molecule has 0 aliphatic carbocycles. The average Bonchev–Trinajstić information content (AvgIpc) is 3.11. The molecule has 0 saturated carbocycles. The van der Waals surface area contributed by atoms with Gasteiger partial charge >= 0.3 is 10.1 Å². The predicted octanol–water partition coefficient (Wildman–Crippen LogP) is 2.57. The highest BCUT2D eigenvalue weighted by Gasteiger charge is 2.37. The molecule has 1 aliphatic heterocycles. The van der Waals surface area contributed by atoms with Crippen LogP contribution in [0.15, 0.2) is 17.2 Å². The molecule has 3 rings (SSSR count). The number of ether oxygens (including phenoxy) is 1. The first kappa shape index (κ1) is 24.3. The van der Waals surface area contributed by atoms with E-state index in [-0.39, 0.29) is 52.6 Å². The summed E-state index contributed by atoms with van der Waals surface area (Å²) in [6.07, 6.45) is 0.897. The van der Waals surface area contributed by atoms with Gasteiger partial charge in [-0.05, 0) is 38.3 Å². The first-order valence-corrected chi connectivity index (χ1v) is 13.3. The number of carbonyl (C=O) groups excluding carboxylic acids is 1. The van der Waals surface area contributed by atoms with Crippen molar-refractivity contribution in [1.82, 2.24) is 9.78 Å². The SMILES string of the molecule is CCCS(=O)(=O)Oc1c(C(=O)c2cc(F)c3c(c2C)C(OC)CCS3(=O)=O)cnn1CC. The van der Waals surface area contributed by atoms with Gasteiger partial charge < -0.3 is 8.92 Å². The molecule has 0 amide bonds. The van der Waals surface area contributed by atoms with Crippen LogP contribution in [0.3, 0.4) is 0 Å². The van der Waals surface area contributed by atoms with Crippen molar-refractivity contribution in [3.63, 3.8) is 0 Å². The number of methoxy groups -OCH3 is 1. The number of halogens is 1. The number of rotatable bonds is 8.